The summed E-state index contributed by atoms with van der Waals surface area (Å²) in [4.78, 5) is 17.2. The Balaban J connectivity index is 2.60. The van der Waals surface area contributed by atoms with E-state index in [1.54, 1.807) is 6.92 Å². The highest BCUT2D eigenvalue weighted by Gasteiger charge is 2.19. The van der Waals surface area contributed by atoms with Gasteiger partial charge in [-0.15, -0.1) is 0 Å². The molecule has 1 heterocycles. The number of rotatable bonds is 5. The van der Waals surface area contributed by atoms with E-state index in [2.05, 4.69) is 10.3 Å². The lowest BCUT2D eigenvalue weighted by Crippen LogP contribution is -2.19. The molecule has 20 heavy (non-hydrogen) atoms. The summed E-state index contributed by atoms with van der Waals surface area (Å²) in [6.07, 6.45) is 0. The highest BCUT2D eigenvalue weighted by Crippen LogP contribution is 2.15. The molecule has 106 valence electrons. The quantitative estimate of drug-likeness (QED) is 0.669. The van der Waals surface area contributed by atoms with Crippen molar-refractivity contribution in [1.82, 2.24) is 9.78 Å². The Kier molecular flexibility index (Phi) is 4.24. The average molecular weight is 275 g/mol. The van der Waals surface area contributed by atoms with Crippen molar-refractivity contribution in [2.24, 2.45) is 5.16 Å². The molecule has 0 aliphatic rings. The molecule has 1 aromatic heterocycles. The number of aromatic amines is 1. The van der Waals surface area contributed by atoms with Crippen molar-refractivity contribution in [2.75, 3.05) is 13.7 Å². The molecule has 0 unspecified atom stereocenters. The number of nitrogens with one attached hydrogen (secondary N) is 1. The van der Waals surface area contributed by atoms with E-state index in [1.165, 1.54) is 11.8 Å². The normalized spacial score (nSPS) is 11.4. The van der Waals surface area contributed by atoms with E-state index in [1.807, 2.05) is 37.3 Å². The third-order valence-corrected chi connectivity index (χ3v) is 2.75. The molecule has 6 heteroatoms. The van der Waals surface area contributed by atoms with Gasteiger partial charge in [0.1, 0.15) is 12.7 Å². The van der Waals surface area contributed by atoms with Crippen molar-refractivity contribution < 1.29 is 9.57 Å². The fourth-order valence-corrected chi connectivity index (χ4v) is 1.93. The van der Waals surface area contributed by atoms with Gasteiger partial charge in [0.25, 0.3) is 5.56 Å². The Morgan fingerprint density at radius 1 is 1.35 bits per heavy atom. The summed E-state index contributed by atoms with van der Waals surface area (Å²) in [6, 6.07) is 9.28. The molecular weight excluding hydrogens is 258 g/mol. The van der Waals surface area contributed by atoms with Crippen LogP contribution >= 0.6 is 0 Å². The standard InChI is InChI=1S/C14H17N3O3/c1-4-20-13-12(10(2)16-19-3)14(18)17(15-13)11-8-6-5-7-9-11/h5-9,15H,4H2,1-3H3/b16-10+. The lowest BCUT2D eigenvalue weighted by atomic mass is 10.2. The van der Waals surface area contributed by atoms with Gasteiger partial charge >= 0.3 is 0 Å². The zero-order valence-corrected chi connectivity index (χ0v) is 11.7. The van der Waals surface area contributed by atoms with Gasteiger partial charge < -0.3 is 9.57 Å². The minimum atomic E-state index is -0.224. The molecule has 1 aromatic carbocycles. The summed E-state index contributed by atoms with van der Waals surface area (Å²) in [7, 11) is 1.44. The molecule has 0 aliphatic carbocycles. The summed E-state index contributed by atoms with van der Waals surface area (Å²) >= 11 is 0. The second-order valence-corrected chi connectivity index (χ2v) is 4.08. The highest BCUT2D eigenvalue weighted by molar-refractivity contribution is 6.00. The first-order chi connectivity index (χ1) is 9.69. The SMILES string of the molecule is CCOc1[nH]n(-c2ccccc2)c(=O)c1/C(C)=N/OC. The molecule has 0 fully saturated rings. The van der Waals surface area contributed by atoms with Crippen LogP contribution in [-0.2, 0) is 4.84 Å². The van der Waals surface area contributed by atoms with E-state index in [9.17, 15) is 4.79 Å². The fraction of sp³-hybridized carbons (Fsp3) is 0.286. The molecule has 0 spiro atoms. The zero-order chi connectivity index (χ0) is 14.5. The van der Waals surface area contributed by atoms with Crippen LogP contribution in [0.15, 0.2) is 40.3 Å². The van der Waals surface area contributed by atoms with Crippen LogP contribution < -0.4 is 10.3 Å². The molecule has 0 aliphatic heterocycles. The van der Waals surface area contributed by atoms with Gasteiger partial charge in [0.15, 0.2) is 0 Å². The second-order valence-electron chi connectivity index (χ2n) is 4.08. The van der Waals surface area contributed by atoms with Crippen LogP contribution in [0.1, 0.15) is 19.4 Å². The smallest absolute Gasteiger partial charge is 0.284 e. The molecule has 1 N–H and O–H groups in total. The number of nitrogens with zero attached hydrogens (tertiary/aromatic N) is 2. The second kappa shape index (κ2) is 6.10. The van der Waals surface area contributed by atoms with Crippen molar-refractivity contribution >= 4 is 5.71 Å². The first-order valence-electron chi connectivity index (χ1n) is 6.30. The van der Waals surface area contributed by atoms with Crippen molar-refractivity contribution in [1.29, 1.82) is 0 Å². The van der Waals surface area contributed by atoms with Crippen LogP contribution in [-0.4, -0.2) is 29.2 Å². The molecule has 0 radical (unpaired) electrons. The van der Waals surface area contributed by atoms with Crippen molar-refractivity contribution in [3.05, 3.63) is 46.2 Å². The summed E-state index contributed by atoms with van der Waals surface area (Å²) in [6.45, 7) is 4.00. The van der Waals surface area contributed by atoms with E-state index >= 15 is 0 Å². The fourth-order valence-electron chi connectivity index (χ4n) is 1.93. The number of aromatic nitrogens is 2. The van der Waals surface area contributed by atoms with Crippen LogP contribution in [0.4, 0.5) is 0 Å². The van der Waals surface area contributed by atoms with Crippen LogP contribution in [0.2, 0.25) is 0 Å². The number of ether oxygens (including phenoxy) is 1. The average Bonchev–Trinajstić information content (AvgIpc) is 2.77. The molecule has 0 saturated carbocycles. The summed E-state index contributed by atoms with van der Waals surface area (Å²) < 4.78 is 6.90. The zero-order valence-electron chi connectivity index (χ0n) is 11.7. The number of hydrogen-bond acceptors (Lipinski definition) is 4. The Hall–Kier alpha value is -2.50. The van der Waals surface area contributed by atoms with Gasteiger partial charge in [-0.3, -0.25) is 9.89 Å². The largest absolute Gasteiger partial charge is 0.478 e. The Labute approximate surface area is 116 Å². The maximum absolute atomic E-state index is 12.5. The Morgan fingerprint density at radius 3 is 2.65 bits per heavy atom. The first kappa shape index (κ1) is 13.9. The van der Waals surface area contributed by atoms with Crippen molar-refractivity contribution in [3.63, 3.8) is 0 Å². The molecule has 0 amide bonds. The maximum Gasteiger partial charge on any atom is 0.284 e. The monoisotopic (exact) mass is 275 g/mol. The van der Waals surface area contributed by atoms with Gasteiger partial charge in [0, 0.05) is 0 Å². The topological polar surface area (TPSA) is 68.6 Å². The van der Waals surface area contributed by atoms with Gasteiger partial charge in [-0.2, -0.15) is 0 Å². The number of hydrogen-bond donors (Lipinski definition) is 1. The highest BCUT2D eigenvalue weighted by atomic mass is 16.6. The van der Waals surface area contributed by atoms with E-state index in [0.717, 1.165) is 5.69 Å². The summed E-state index contributed by atoms with van der Waals surface area (Å²) in [5.41, 5.74) is 1.34. The third kappa shape index (κ3) is 2.59. The van der Waals surface area contributed by atoms with E-state index in [4.69, 9.17) is 9.57 Å². The Bertz CT molecular complexity index is 656. The number of oxime groups is 1. The van der Waals surface area contributed by atoms with Gasteiger partial charge in [-0.05, 0) is 26.0 Å². The predicted molar refractivity (Wildman–Crippen MR) is 76.8 cm³/mol. The van der Waals surface area contributed by atoms with Crippen LogP contribution in [0.25, 0.3) is 5.69 Å². The molecular formula is C14H17N3O3. The van der Waals surface area contributed by atoms with Crippen molar-refractivity contribution in [3.8, 4) is 11.6 Å². The van der Waals surface area contributed by atoms with Gasteiger partial charge in [0.2, 0.25) is 5.88 Å². The predicted octanol–water partition coefficient (Wildman–Crippen LogP) is 1.93. The number of benzene rings is 1. The number of H-pyrrole nitrogens is 1. The first-order valence-corrected chi connectivity index (χ1v) is 6.30. The Morgan fingerprint density at radius 2 is 2.05 bits per heavy atom. The lowest BCUT2D eigenvalue weighted by molar-refractivity contribution is 0.213. The maximum atomic E-state index is 12.5. The molecule has 6 nitrogen and oxygen atoms in total. The minimum absolute atomic E-state index is 0.224. The molecule has 0 atom stereocenters. The van der Waals surface area contributed by atoms with Crippen molar-refractivity contribution in [2.45, 2.75) is 13.8 Å². The van der Waals surface area contributed by atoms with Gasteiger partial charge in [-0.25, -0.2) is 4.68 Å². The number of para-hydroxylation sites is 1. The molecule has 2 aromatic rings. The van der Waals surface area contributed by atoms with Crippen LogP contribution in [0, 0.1) is 0 Å². The molecule has 0 saturated heterocycles. The van der Waals surface area contributed by atoms with Gasteiger partial charge in [0.05, 0.1) is 18.0 Å². The van der Waals surface area contributed by atoms with Gasteiger partial charge in [-0.1, -0.05) is 23.4 Å². The third-order valence-electron chi connectivity index (χ3n) is 2.75. The molecule has 0 bridgehead atoms. The minimum Gasteiger partial charge on any atom is -0.478 e. The van der Waals surface area contributed by atoms with E-state index in [0.29, 0.717) is 23.8 Å². The van der Waals surface area contributed by atoms with E-state index < -0.39 is 0 Å². The van der Waals surface area contributed by atoms with Crippen LogP contribution in [0.5, 0.6) is 5.88 Å². The molecule has 2 rings (SSSR count). The lowest BCUT2D eigenvalue weighted by Gasteiger charge is -2.02. The van der Waals surface area contributed by atoms with E-state index in [-0.39, 0.29) is 5.56 Å². The van der Waals surface area contributed by atoms with Crippen LogP contribution in [0.3, 0.4) is 0 Å². The summed E-state index contributed by atoms with van der Waals surface area (Å²) in [5.74, 6) is 0.389. The summed E-state index contributed by atoms with van der Waals surface area (Å²) in [5, 5.41) is 6.76.